The summed E-state index contributed by atoms with van der Waals surface area (Å²) in [5, 5.41) is 26.2. The highest BCUT2D eigenvalue weighted by Crippen LogP contribution is 2.26. The predicted molar refractivity (Wildman–Crippen MR) is 157 cm³/mol. The van der Waals surface area contributed by atoms with Gasteiger partial charge in [0, 0.05) is 43.8 Å². The molecule has 0 spiro atoms. The SMILES string of the molecule is C=C(CS/C(=N/N)SCC)N1CCN(c2ccc(/C(=C/NCNC)C(=O)O)cc2F)CC1.CC.N#CC=O. The Bertz CT molecular complexity index is 992. The molecule has 5 N–H and O–H groups in total. The van der Waals surface area contributed by atoms with Crippen LogP contribution < -0.4 is 21.4 Å². The minimum atomic E-state index is -1.12. The number of nitrogens with two attached hydrogens (primary N) is 1. The molecule has 0 radical (unpaired) electrons. The standard InChI is InChI=1S/C21H31FN6O2S2.C2HNO.C2H6/c1-4-31-21(26-23)32-13-15(2)27-7-9-28(10-8-27)19-6-5-16(11-18(19)22)17(20(29)30)12-25-14-24-3;3-1-2-4;1-2/h5-6,11-12,24-25H,2,4,7-10,13-14,23H2,1,3H3,(H,29,30);2H;1-2H3/b17-12-,26-21+;;. The van der Waals surface area contributed by atoms with Crippen LogP contribution in [-0.4, -0.2) is 78.0 Å². The van der Waals surface area contributed by atoms with Gasteiger partial charge in [0.2, 0.25) is 6.29 Å². The largest absolute Gasteiger partial charge is 0.478 e. The zero-order valence-corrected chi connectivity index (χ0v) is 24.0. The first-order valence-electron chi connectivity index (χ1n) is 12.0. The number of nitrogens with zero attached hydrogens (tertiary/aromatic N) is 4. The summed E-state index contributed by atoms with van der Waals surface area (Å²) in [4.78, 5) is 24.5. The number of halogens is 1. The summed E-state index contributed by atoms with van der Waals surface area (Å²) in [5.41, 5.74) is 1.78. The molecule has 1 aromatic rings. The Balaban J connectivity index is 0.00000208. The molecular formula is C25H38FN7O3S2. The van der Waals surface area contributed by atoms with Crippen LogP contribution in [0.3, 0.4) is 0 Å². The van der Waals surface area contributed by atoms with Gasteiger partial charge in [0.15, 0.2) is 0 Å². The van der Waals surface area contributed by atoms with Gasteiger partial charge in [-0.1, -0.05) is 56.9 Å². The van der Waals surface area contributed by atoms with Crippen LogP contribution in [0.5, 0.6) is 0 Å². The third-order valence-corrected chi connectivity index (χ3v) is 7.05. The van der Waals surface area contributed by atoms with E-state index in [0.717, 1.165) is 28.9 Å². The molecule has 1 aliphatic heterocycles. The average molecular weight is 568 g/mol. The van der Waals surface area contributed by atoms with Gasteiger partial charge < -0.3 is 31.4 Å². The number of nitrogens with one attached hydrogen (secondary N) is 2. The number of piperazine rings is 1. The molecule has 210 valence electrons. The number of aliphatic carboxylic acids is 1. The van der Waals surface area contributed by atoms with Crippen molar-refractivity contribution in [2.75, 3.05) is 56.3 Å². The Morgan fingerprint density at radius 2 is 1.95 bits per heavy atom. The second-order valence-electron chi connectivity index (χ2n) is 7.17. The lowest BCUT2D eigenvalue weighted by Gasteiger charge is -2.38. The lowest BCUT2D eigenvalue weighted by atomic mass is 10.1. The van der Waals surface area contributed by atoms with Crippen molar-refractivity contribution in [2.45, 2.75) is 20.8 Å². The molecule has 0 aromatic heterocycles. The van der Waals surface area contributed by atoms with Crippen LogP contribution in [0.4, 0.5) is 10.1 Å². The molecular weight excluding hydrogens is 529 g/mol. The topological polar surface area (TPSA) is 147 Å². The Hall–Kier alpha value is -3.21. The number of hydrazone groups is 1. The molecule has 1 fully saturated rings. The monoisotopic (exact) mass is 567 g/mol. The van der Waals surface area contributed by atoms with E-state index in [9.17, 15) is 14.3 Å². The average Bonchev–Trinajstić information content (AvgIpc) is 2.94. The lowest BCUT2D eigenvalue weighted by molar-refractivity contribution is -0.130. The fourth-order valence-corrected chi connectivity index (χ4v) is 4.93. The minimum Gasteiger partial charge on any atom is -0.478 e. The quantitative estimate of drug-likeness (QED) is 0.0380. The van der Waals surface area contributed by atoms with Crippen molar-refractivity contribution in [3.63, 3.8) is 0 Å². The van der Waals surface area contributed by atoms with Crippen LogP contribution >= 0.6 is 23.5 Å². The van der Waals surface area contributed by atoms with E-state index in [1.54, 1.807) is 42.7 Å². The molecule has 2 rings (SSSR count). The molecule has 0 unspecified atom stereocenters. The van der Waals surface area contributed by atoms with Gasteiger partial charge in [-0.3, -0.25) is 4.79 Å². The first-order valence-corrected chi connectivity index (χ1v) is 14.0. The summed E-state index contributed by atoms with van der Waals surface area (Å²) in [5.74, 6) is 5.47. The summed E-state index contributed by atoms with van der Waals surface area (Å²) in [6.45, 7) is 13.4. The van der Waals surface area contributed by atoms with E-state index in [1.807, 2.05) is 18.7 Å². The number of rotatable bonds is 10. The number of hydrogen-bond donors (Lipinski definition) is 4. The maximum absolute atomic E-state index is 14.9. The van der Waals surface area contributed by atoms with Crippen molar-refractivity contribution in [3.05, 3.63) is 48.1 Å². The molecule has 1 saturated heterocycles. The van der Waals surface area contributed by atoms with Crippen LogP contribution in [0.15, 0.2) is 41.8 Å². The lowest BCUT2D eigenvalue weighted by Crippen LogP contribution is -2.46. The summed E-state index contributed by atoms with van der Waals surface area (Å²) < 4.78 is 15.7. The molecule has 38 heavy (non-hydrogen) atoms. The molecule has 0 bridgehead atoms. The van der Waals surface area contributed by atoms with Crippen LogP contribution in [0.25, 0.3) is 5.57 Å². The van der Waals surface area contributed by atoms with E-state index in [4.69, 9.17) is 15.9 Å². The van der Waals surface area contributed by atoms with Gasteiger partial charge in [-0.15, -0.1) is 0 Å². The number of nitriles is 1. The van der Waals surface area contributed by atoms with Gasteiger partial charge in [0.1, 0.15) is 16.3 Å². The molecule has 0 saturated carbocycles. The van der Waals surface area contributed by atoms with Crippen molar-refractivity contribution in [1.29, 1.82) is 5.26 Å². The van der Waals surface area contributed by atoms with Gasteiger partial charge >= 0.3 is 5.97 Å². The Labute approximate surface area is 233 Å². The fraction of sp³-hybridized carbons (Fsp3) is 0.440. The van der Waals surface area contributed by atoms with E-state index >= 15 is 0 Å². The van der Waals surface area contributed by atoms with Crippen molar-refractivity contribution < 1.29 is 19.1 Å². The number of carbonyl (C=O) groups excluding carboxylic acids is 1. The zero-order chi connectivity index (χ0) is 28.9. The van der Waals surface area contributed by atoms with Crippen LogP contribution in [0.2, 0.25) is 0 Å². The van der Waals surface area contributed by atoms with Crippen LogP contribution in [0, 0.1) is 17.1 Å². The number of thioether (sulfide) groups is 2. The normalized spacial score (nSPS) is 13.3. The summed E-state index contributed by atoms with van der Waals surface area (Å²) >= 11 is 3.18. The van der Waals surface area contributed by atoms with Crippen LogP contribution in [-0.2, 0) is 9.59 Å². The third-order valence-electron chi connectivity index (χ3n) is 4.87. The Morgan fingerprint density at radius 3 is 2.42 bits per heavy atom. The van der Waals surface area contributed by atoms with Crippen molar-refractivity contribution in [2.24, 2.45) is 10.9 Å². The predicted octanol–water partition coefficient (Wildman–Crippen LogP) is 3.10. The number of benzene rings is 1. The van der Waals surface area contributed by atoms with Crippen molar-refractivity contribution in [3.8, 4) is 6.07 Å². The van der Waals surface area contributed by atoms with E-state index in [0.29, 0.717) is 36.8 Å². The van der Waals surface area contributed by atoms with Gasteiger partial charge in [-0.05, 0) is 30.5 Å². The number of carbonyl (C=O) groups is 2. The van der Waals surface area contributed by atoms with E-state index in [1.165, 1.54) is 18.3 Å². The molecule has 13 heteroatoms. The fourth-order valence-electron chi connectivity index (χ4n) is 3.19. The van der Waals surface area contributed by atoms with Crippen molar-refractivity contribution >= 4 is 51.4 Å². The first kappa shape index (κ1) is 34.8. The molecule has 1 heterocycles. The number of aldehydes is 1. The maximum atomic E-state index is 14.9. The minimum absolute atomic E-state index is 0.00550. The second kappa shape index (κ2) is 20.8. The summed E-state index contributed by atoms with van der Waals surface area (Å²) in [6, 6.07) is 5.81. The molecule has 0 aliphatic carbocycles. The van der Waals surface area contributed by atoms with Crippen molar-refractivity contribution in [1.82, 2.24) is 15.5 Å². The molecule has 1 aromatic carbocycles. The first-order chi connectivity index (χ1) is 18.3. The number of anilines is 1. The van der Waals surface area contributed by atoms with E-state index in [-0.39, 0.29) is 11.9 Å². The summed E-state index contributed by atoms with van der Waals surface area (Å²) in [6.07, 6.45) is 1.55. The number of carboxylic acids is 1. The Morgan fingerprint density at radius 1 is 1.32 bits per heavy atom. The highest BCUT2D eigenvalue weighted by molar-refractivity contribution is 8.38. The number of hydrogen-bond acceptors (Lipinski definition) is 11. The van der Waals surface area contributed by atoms with Gasteiger partial charge in [-0.25, -0.2) is 9.18 Å². The highest BCUT2D eigenvalue weighted by Gasteiger charge is 2.22. The van der Waals surface area contributed by atoms with Crippen LogP contribution in [0.1, 0.15) is 26.3 Å². The third kappa shape index (κ3) is 12.4. The smallest absolute Gasteiger partial charge is 0.337 e. The summed E-state index contributed by atoms with van der Waals surface area (Å²) in [7, 11) is 1.74. The molecule has 1 aliphatic rings. The second-order valence-corrected chi connectivity index (χ2v) is 9.64. The van der Waals surface area contributed by atoms with Gasteiger partial charge in [0.05, 0.1) is 17.9 Å². The highest BCUT2D eigenvalue weighted by atomic mass is 32.2. The molecule has 10 nitrogen and oxygen atoms in total. The number of carboxylic acid groups (broad SMARTS) is 1. The molecule has 0 amide bonds. The van der Waals surface area contributed by atoms with E-state index < -0.39 is 11.8 Å². The van der Waals surface area contributed by atoms with Gasteiger partial charge in [0.25, 0.3) is 0 Å². The zero-order valence-electron chi connectivity index (χ0n) is 22.4. The van der Waals surface area contributed by atoms with Gasteiger partial charge in [-0.2, -0.15) is 10.4 Å². The van der Waals surface area contributed by atoms with E-state index in [2.05, 4.69) is 34.1 Å². The Kier molecular flexibility index (Phi) is 19.0. The molecule has 0 atom stereocenters. The maximum Gasteiger partial charge on any atom is 0.337 e.